The van der Waals surface area contributed by atoms with Crippen LogP contribution in [0.3, 0.4) is 0 Å². The highest BCUT2D eigenvalue weighted by Gasteiger charge is 2.32. The van der Waals surface area contributed by atoms with Crippen LogP contribution in [-0.4, -0.2) is 29.0 Å². The number of rotatable bonds is 0. The van der Waals surface area contributed by atoms with Crippen LogP contribution in [0.1, 0.15) is 41.5 Å². The third kappa shape index (κ3) is 2.34. The Morgan fingerprint density at radius 3 is 2.07 bits per heavy atom. The number of hydrogen-bond donors (Lipinski definition) is 0. The molecule has 1 heterocycles. The van der Waals surface area contributed by atoms with Crippen molar-refractivity contribution in [2.75, 3.05) is 6.54 Å². The largest absolute Gasteiger partial charge is 0.348 e. The van der Waals surface area contributed by atoms with Gasteiger partial charge in [0.2, 0.25) is 0 Å². The van der Waals surface area contributed by atoms with E-state index in [-0.39, 0.29) is 11.0 Å². The highest BCUT2D eigenvalue weighted by Crippen LogP contribution is 2.26. The number of amidine groups is 1. The van der Waals surface area contributed by atoms with Crippen LogP contribution in [0.2, 0.25) is 0 Å². The topological polar surface area (TPSA) is 28.0 Å². The van der Waals surface area contributed by atoms with E-state index in [1.54, 1.807) is 0 Å². The predicted molar refractivity (Wildman–Crippen MR) is 61.8 cm³/mol. The van der Waals surface area contributed by atoms with E-state index in [0.29, 0.717) is 0 Å². The smallest absolute Gasteiger partial charge is 0.133 e. The maximum absolute atomic E-state index is 4.26. The van der Waals surface area contributed by atoms with E-state index in [9.17, 15) is 0 Å². The summed E-state index contributed by atoms with van der Waals surface area (Å²) in [6.07, 6.45) is 1.86. The fourth-order valence-corrected chi connectivity index (χ4v) is 1.50. The van der Waals surface area contributed by atoms with Crippen LogP contribution in [0.15, 0.2) is 10.2 Å². The fourth-order valence-electron chi connectivity index (χ4n) is 1.50. The fraction of sp³-hybridized carbons (Fsp3) is 0.818. The molecular formula is C11H21N3. The second kappa shape index (κ2) is 3.37. The third-order valence-electron chi connectivity index (χ3n) is 2.23. The highest BCUT2D eigenvalue weighted by molar-refractivity contribution is 5.91. The molecule has 0 unspecified atom stereocenters. The zero-order valence-corrected chi connectivity index (χ0v) is 10.1. The summed E-state index contributed by atoms with van der Waals surface area (Å²) in [5.41, 5.74) is 0.170. The number of hydrogen-bond acceptors (Lipinski definition) is 3. The van der Waals surface area contributed by atoms with Crippen molar-refractivity contribution in [3.8, 4) is 0 Å². The van der Waals surface area contributed by atoms with Gasteiger partial charge in [-0.1, -0.05) is 20.8 Å². The zero-order chi connectivity index (χ0) is 11.0. The average Bonchev–Trinajstić information content (AvgIpc) is 2.01. The Morgan fingerprint density at radius 2 is 1.71 bits per heavy atom. The first-order chi connectivity index (χ1) is 6.23. The molecular weight excluding hydrogens is 174 g/mol. The van der Waals surface area contributed by atoms with Gasteiger partial charge in [0.1, 0.15) is 5.84 Å². The molecule has 0 aliphatic carbocycles. The Labute approximate surface area is 86.9 Å². The molecule has 14 heavy (non-hydrogen) atoms. The second-order valence-electron chi connectivity index (χ2n) is 5.75. The van der Waals surface area contributed by atoms with Crippen LogP contribution in [0.5, 0.6) is 0 Å². The van der Waals surface area contributed by atoms with Crippen LogP contribution in [0.4, 0.5) is 0 Å². The van der Waals surface area contributed by atoms with Crippen LogP contribution >= 0.6 is 0 Å². The van der Waals surface area contributed by atoms with Crippen molar-refractivity contribution in [3.63, 3.8) is 0 Å². The summed E-state index contributed by atoms with van der Waals surface area (Å²) in [7, 11) is 0. The molecule has 1 aliphatic rings. The first-order valence-electron chi connectivity index (χ1n) is 5.10. The lowest BCUT2D eigenvalue weighted by molar-refractivity contribution is 0.240. The molecule has 0 spiro atoms. The van der Waals surface area contributed by atoms with Gasteiger partial charge in [0.05, 0.1) is 6.54 Å². The molecule has 0 atom stereocenters. The molecule has 0 bridgehead atoms. The molecule has 0 aromatic carbocycles. The van der Waals surface area contributed by atoms with Gasteiger partial charge in [-0.3, -0.25) is 0 Å². The summed E-state index contributed by atoms with van der Waals surface area (Å²) < 4.78 is 0. The first-order valence-corrected chi connectivity index (χ1v) is 5.10. The van der Waals surface area contributed by atoms with Gasteiger partial charge in [-0.15, -0.1) is 5.10 Å². The summed E-state index contributed by atoms with van der Waals surface area (Å²) in [5.74, 6) is 1.08. The van der Waals surface area contributed by atoms with Gasteiger partial charge in [0.25, 0.3) is 0 Å². The second-order valence-corrected chi connectivity index (χ2v) is 5.75. The highest BCUT2D eigenvalue weighted by atomic mass is 15.4. The summed E-state index contributed by atoms with van der Waals surface area (Å²) in [6.45, 7) is 14.0. The van der Waals surface area contributed by atoms with Crippen molar-refractivity contribution < 1.29 is 0 Å². The van der Waals surface area contributed by atoms with Gasteiger partial charge in [0.15, 0.2) is 0 Å². The summed E-state index contributed by atoms with van der Waals surface area (Å²) in [4.78, 5) is 2.31. The Hall–Kier alpha value is -0.860. The molecule has 0 amide bonds. The summed E-state index contributed by atoms with van der Waals surface area (Å²) in [5, 5.41) is 8.27. The lowest BCUT2D eigenvalue weighted by Crippen LogP contribution is -2.52. The third-order valence-corrected chi connectivity index (χ3v) is 2.23. The summed E-state index contributed by atoms with van der Waals surface area (Å²) in [6, 6.07) is 0. The monoisotopic (exact) mass is 195 g/mol. The van der Waals surface area contributed by atoms with E-state index in [0.717, 1.165) is 12.4 Å². The Kier molecular flexibility index (Phi) is 2.70. The normalized spacial score (nSPS) is 18.4. The Bertz CT molecular complexity index is 263. The van der Waals surface area contributed by atoms with Gasteiger partial charge in [-0.2, -0.15) is 5.10 Å². The SMILES string of the molecule is CC(C)(C)C1=NN=CCN1C(C)(C)C. The maximum atomic E-state index is 4.26. The van der Waals surface area contributed by atoms with Crippen molar-refractivity contribution in [1.82, 2.24) is 4.90 Å². The van der Waals surface area contributed by atoms with Crippen LogP contribution in [0.25, 0.3) is 0 Å². The maximum Gasteiger partial charge on any atom is 0.133 e. The Balaban J connectivity index is 3.00. The van der Waals surface area contributed by atoms with Crippen LogP contribution < -0.4 is 0 Å². The standard InChI is InChI=1S/C11H21N3/c1-10(2,3)9-13-12-7-8-14(9)11(4,5)6/h7H,8H2,1-6H3. The van der Waals surface area contributed by atoms with Crippen molar-refractivity contribution in [1.29, 1.82) is 0 Å². The molecule has 1 aliphatic heterocycles. The van der Waals surface area contributed by atoms with Crippen LogP contribution in [-0.2, 0) is 0 Å². The van der Waals surface area contributed by atoms with Gasteiger partial charge in [0, 0.05) is 17.2 Å². The molecule has 0 fully saturated rings. The molecule has 0 aromatic rings. The van der Waals surface area contributed by atoms with Gasteiger partial charge >= 0.3 is 0 Å². The van der Waals surface area contributed by atoms with E-state index >= 15 is 0 Å². The zero-order valence-electron chi connectivity index (χ0n) is 10.1. The van der Waals surface area contributed by atoms with E-state index in [2.05, 4.69) is 56.6 Å². The number of nitrogens with zero attached hydrogens (tertiary/aromatic N) is 3. The van der Waals surface area contributed by atoms with Crippen molar-refractivity contribution in [2.45, 2.75) is 47.1 Å². The first kappa shape index (κ1) is 11.2. The van der Waals surface area contributed by atoms with Gasteiger partial charge in [-0.25, -0.2) is 0 Å². The predicted octanol–water partition coefficient (Wildman–Crippen LogP) is 2.53. The molecule has 0 radical (unpaired) electrons. The molecule has 80 valence electrons. The average molecular weight is 195 g/mol. The molecule has 0 saturated heterocycles. The quantitative estimate of drug-likeness (QED) is 0.583. The van der Waals surface area contributed by atoms with Crippen molar-refractivity contribution in [3.05, 3.63) is 0 Å². The lowest BCUT2D eigenvalue weighted by atomic mass is 9.91. The lowest BCUT2D eigenvalue weighted by Gasteiger charge is -2.42. The van der Waals surface area contributed by atoms with E-state index in [4.69, 9.17) is 0 Å². The minimum Gasteiger partial charge on any atom is -0.348 e. The molecule has 0 aromatic heterocycles. The van der Waals surface area contributed by atoms with E-state index in [1.807, 2.05) is 6.21 Å². The molecule has 3 heteroatoms. The molecule has 0 saturated carbocycles. The van der Waals surface area contributed by atoms with Gasteiger partial charge < -0.3 is 4.90 Å². The van der Waals surface area contributed by atoms with Crippen molar-refractivity contribution >= 4 is 12.1 Å². The molecule has 0 N–H and O–H groups in total. The summed E-state index contributed by atoms with van der Waals surface area (Å²) >= 11 is 0. The van der Waals surface area contributed by atoms with E-state index < -0.39 is 0 Å². The van der Waals surface area contributed by atoms with Crippen LogP contribution in [0, 0.1) is 5.41 Å². The Morgan fingerprint density at radius 1 is 1.14 bits per heavy atom. The minimum absolute atomic E-state index is 0.0606. The molecule has 1 rings (SSSR count). The van der Waals surface area contributed by atoms with Crippen molar-refractivity contribution in [2.24, 2.45) is 15.6 Å². The van der Waals surface area contributed by atoms with Gasteiger partial charge in [-0.05, 0) is 20.8 Å². The molecule has 3 nitrogen and oxygen atoms in total. The minimum atomic E-state index is 0.0606. The van der Waals surface area contributed by atoms with E-state index in [1.165, 1.54) is 0 Å².